The Bertz CT molecular complexity index is 676. The van der Waals surface area contributed by atoms with E-state index in [1.807, 2.05) is 0 Å². The highest BCUT2D eigenvalue weighted by Gasteiger charge is 2.11. The first-order chi connectivity index (χ1) is 9.47. The Kier molecular flexibility index (Phi) is 3.81. The smallest absolute Gasteiger partial charge is 0.345 e. The number of nitrogens with one attached hydrogen (secondary N) is 2. The van der Waals surface area contributed by atoms with Crippen LogP contribution in [0.5, 0.6) is 0 Å². The monoisotopic (exact) mass is 289 g/mol. The third kappa shape index (κ3) is 3.01. The molecule has 0 radical (unpaired) electrons. The van der Waals surface area contributed by atoms with Gasteiger partial charge in [-0.1, -0.05) is 12.1 Å². The van der Waals surface area contributed by atoms with Gasteiger partial charge in [0.1, 0.15) is 10.7 Å². The standard InChI is InChI=1S/C13H11N3O3S/c14-11(15)7-1-3-8(4-2-7)12(17)16-10-6-5-9(20-10)13(18)19/h1-6H,(H3,14,15)(H,16,17)(H,18,19). The van der Waals surface area contributed by atoms with Crippen molar-refractivity contribution in [1.29, 1.82) is 5.41 Å². The number of nitrogen functional groups attached to an aromatic ring is 1. The van der Waals surface area contributed by atoms with Crippen LogP contribution in [0.4, 0.5) is 5.00 Å². The number of amides is 1. The number of thiophene rings is 1. The molecule has 2 aromatic rings. The van der Waals surface area contributed by atoms with Crippen LogP contribution in [-0.2, 0) is 0 Å². The van der Waals surface area contributed by atoms with Crippen molar-refractivity contribution in [2.45, 2.75) is 0 Å². The molecule has 7 heteroatoms. The van der Waals surface area contributed by atoms with Gasteiger partial charge in [-0.05, 0) is 24.3 Å². The van der Waals surface area contributed by atoms with E-state index in [2.05, 4.69) is 5.32 Å². The molecule has 1 amide bonds. The minimum absolute atomic E-state index is 0.0682. The molecule has 0 aliphatic carbocycles. The van der Waals surface area contributed by atoms with E-state index in [0.29, 0.717) is 16.1 Å². The molecule has 5 N–H and O–H groups in total. The number of amidine groups is 1. The number of nitrogens with two attached hydrogens (primary N) is 1. The zero-order valence-corrected chi connectivity index (χ0v) is 11.0. The van der Waals surface area contributed by atoms with Gasteiger partial charge in [0.15, 0.2) is 0 Å². The molecule has 0 unspecified atom stereocenters. The van der Waals surface area contributed by atoms with Crippen molar-refractivity contribution in [3.05, 3.63) is 52.4 Å². The summed E-state index contributed by atoms with van der Waals surface area (Å²) in [5, 5.41) is 19.1. The number of carbonyl (C=O) groups is 2. The summed E-state index contributed by atoms with van der Waals surface area (Å²) in [6.07, 6.45) is 0. The molecule has 0 saturated heterocycles. The van der Waals surface area contributed by atoms with E-state index in [0.717, 1.165) is 11.3 Å². The molecule has 0 aliphatic rings. The van der Waals surface area contributed by atoms with Gasteiger partial charge in [-0.2, -0.15) is 0 Å². The SMILES string of the molecule is N=C(N)c1ccc(C(=O)Nc2ccc(C(=O)O)s2)cc1. The second-order valence-electron chi connectivity index (χ2n) is 3.91. The zero-order valence-electron chi connectivity index (χ0n) is 10.2. The summed E-state index contributed by atoms with van der Waals surface area (Å²) in [5.41, 5.74) is 6.26. The van der Waals surface area contributed by atoms with Gasteiger partial charge in [-0.15, -0.1) is 11.3 Å². The Hall–Kier alpha value is -2.67. The van der Waals surface area contributed by atoms with Crippen molar-refractivity contribution in [2.24, 2.45) is 5.73 Å². The van der Waals surface area contributed by atoms with E-state index in [4.69, 9.17) is 16.2 Å². The third-order valence-corrected chi connectivity index (χ3v) is 3.50. The average molecular weight is 289 g/mol. The molecule has 1 heterocycles. The molecule has 0 saturated carbocycles. The first-order valence-electron chi connectivity index (χ1n) is 5.56. The fraction of sp³-hybridized carbons (Fsp3) is 0. The van der Waals surface area contributed by atoms with Crippen LogP contribution in [0.25, 0.3) is 0 Å². The molecule has 102 valence electrons. The highest BCUT2D eigenvalue weighted by Crippen LogP contribution is 2.22. The molecular weight excluding hydrogens is 278 g/mol. The number of hydrogen-bond donors (Lipinski definition) is 4. The summed E-state index contributed by atoms with van der Waals surface area (Å²) in [5.74, 6) is -1.44. The summed E-state index contributed by atoms with van der Waals surface area (Å²) in [6, 6.07) is 9.23. The summed E-state index contributed by atoms with van der Waals surface area (Å²) in [7, 11) is 0. The van der Waals surface area contributed by atoms with Crippen molar-refractivity contribution < 1.29 is 14.7 Å². The molecule has 1 aromatic heterocycles. The van der Waals surface area contributed by atoms with Crippen molar-refractivity contribution in [3.63, 3.8) is 0 Å². The molecule has 0 atom stereocenters. The number of benzene rings is 1. The van der Waals surface area contributed by atoms with E-state index < -0.39 is 5.97 Å². The Morgan fingerprint density at radius 2 is 1.70 bits per heavy atom. The fourth-order valence-electron chi connectivity index (χ4n) is 1.51. The lowest BCUT2D eigenvalue weighted by Crippen LogP contribution is -2.13. The van der Waals surface area contributed by atoms with Crippen LogP contribution in [0.3, 0.4) is 0 Å². The predicted molar refractivity (Wildman–Crippen MR) is 76.7 cm³/mol. The van der Waals surface area contributed by atoms with Crippen LogP contribution in [0.15, 0.2) is 36.4 Å². The molecule has 0 bridgehead atoms. The van der Waals surface area contributed by atoms with Crippen LogP contribution in [0.1, 0.15) is 25.6 Å². The van der Waals surface area contributed by atoms with Gasteiger partial charge in [-0.25, -0.2) is 4.79 Å². The van der Waals surface area contributed by atoms with E-state index in [9.17, 15) is 9.59 Å². The number of hydrogen-bond acceptors (Lipinski definition) is 4. The second-order valence-corrected chi connectivity index (χ2v) is 5.00. The van der Waals surface area contributed by atoms with Gasteiger partial charge in [0.05, 0.1) is 5.00 Å². The summed E-state index contributed by atoms with van der Waals surface area (Å²) in [6.45, 7) is 0. The Morgan fingerprint density at radius 3 is 2.20 bits per heavy atom. The number of aromatic carboxylic acids is 1. The topological polar surface area (TPSA) is 116 Å². The van der Waals surface area contributed by atoms with Gasteiger partial charge in [0.2, 0.25) is 0 Å². The number of rotatable bonds is 4. The summed E-state index contributed by atoms with van der Waals surface area (Å²) >= 11 is 0.986. The first-order valence-corrected chi connectivity index (χ1v) is 6.38. The molecule has 20 heavy (non-hydrogen) atoms. The van der Waals surface area contributed by atoms with Crippen LogP contribution >= 0.6 is 11.3 Å². The highest BCUT2D eigenvalue weighted by atomic mass is 32.1. The maximum atomic E-state index is 11.9. The number of carboxylic acids is 1. The first kappa shape index (κ1) is 13.8. The van der Waals surface area contributed by atoms with E-state index >= 15 is 0 Å². The van der Waals surface area contributed by atoms with Crippen molar-refractivity contribution in [1.82, 2.24) is 0 Å². The Morgan fingerprint density at radius 1 is 1.10 bits per heavy atom. The van der Waals surface area contributed by atoms with Crippen LogP contribution in [0.2, 0.25) is 0 Å². The summed E-state index contributed by atoms with van der Waals surface area (Å²) in [4.78, 5) is 22.8. The highest BCUT2D eigenvalue weighted by molar-refractivity contribution is 7.18. The van der Waals surface area contributed by atoms with Gasteiger partial charge in [-0.3, -0.25) is 10.2 Å². The lowest BCUT2D eigenvalue weighted by Gasteiger charge is -2.03. The van der Waals surface area contributed by atoms with Crippen molar-refractivity contribution >= 4 is 34.0 Å². The number of carbonyl (C=O) groups excluding carboxylic acids is 1. The quantitative estimate of drug-likeness (QED) is 0.508. The van der Waals surface area contributed by atoms with E-state index in [1.165, 1.54) is 12.1 Å². The number of anilines is 1. The fourth-order valence-corrected chi connectivity index (χ4v) is 2.25. The Labute approximate surface area is 118 Å². The van der Waals surface area contributed by atoms with Crippen molar-refractivity contribution in [3.8, 4) is 0 Å². The minimum Gasteiger partial charge on any atom is -0.477 e. The van der Waals surface area contributed by atoms with E-state index in [1.54, 1.807) is 24.3 Å². The molecule has 0 spiro atoms. The van der Waals surface area contributed by atoms with Gasteiger partial charge < -0.3 is 16.2 Å². The maximum absolute atomic E-state index is 11.9. The second kappa shape index (κ2) is 5.54. The van der Waals surface area contributed by atoms with Crippen LogP contribution in [0, 0.1) is 5.41 Å². The zero-order chi connectivity index (χ0) is 14.7. The van der Waals surface area contributed by atoms with Gasteiger partial charge in [0.25, 0.3) is 5.91 Å². The predicted octanol–water partition coefficient (Wildman–Crippen LogP) is 1.98. The normalized spacial score (nSPS) is 10.0. The number of carboxylic acid groups (broad SMARTS) is 1. The molecule has 1 aromatic carbocycles. The lowest BCUT2D eigenvalue weighted by atomic mass is 10.1. The lowest BCUT2D eigenvalue weighted by molar-refractivity contribution is 0.0702. The van der Waals surface area contributed by atoms with E-state index in [-0.39, 0.29) is 16.6 Å². The van der Waals surface area contributed by atoms with Gasteiger partial charge >= 0.3 is 5.97 Å². The van der Waals surface area contributed by atoms with Gasteiger partial charge in [0, 0.05) is 11.1 Å². The molecular formula is C13H11N3O3S. The Balaban J connectivity index is 2.11. The molecule has 2 rings (SSSR count). The van der Waals surface area contributed by atoms with Crippen LogP contribution < -0.4 is 11.1 Å². The maximum Gasteiger partial charge on any atom is 0.345 e. The minimum atomic E-state index is -1.03. The summed E-state index contributed by atoms with van der Waals surface area (Å²) < 4.78 is 0. The molecule has 6 nitrogen and oxygen atoms in total. The average Bonchev–Trinajstić information content (AvgIpc) is 2.87. The third-order valence-electron chi connectivity index (χ3n) is 2.51. The molecule has 0 aliphatic heterocycles. The molecule has 0 fully saturated rings. The largest absolute Gasteiger partial charge is 0.477 e. The van der Waals surface area contributed by atoms with Crippen molar-refractivity contribution in [2.75, 3.05) is 5.32 Å². The van der Waals surface area contributed by atoms with Crippen LogP contribution in [-0.4, -0.2) is 22.8 Å².